The first-order valence-electron chi connectivity index (χ1n) is 5.22. The molecule has 0 radical (unpaired) electrons. The molecule has 0 aliphatic heterocycles. The number of hydrogen-bond donors (Lipinski definition) is 1. The van der Waals surface area contributed by atoms with E-state index in [0.29, 0.717) is 0 Å². The normalized spacial score (nSPS) is 11.9. The van der Waals surface area contributed by atoms with Crippen LogP contribution < -0.4 is 0 Å². The third kappa shape index (κ3) is 1.40. The average Bonchev–Trinajstić information content (AvgIpc) is 2.60. The lowest BCUT2D eigenvalue weighted by atomic mass is 9.83. The van der Waals surface area contributed by atoms with Crippen LogP contribution in [0.15, 0.2) is 30.5 Å². The highest BCUT2D eigenvalue weighted by Gasteiger charge is 2.31. The van der Waals surface area contributed by atoms with Crippen LogP contribution in [0.5, 0.6) is 0 Å². The molecule has 0 saturated heterocycles. The molecular weight excluding hydrogens is 202 g/mol. The van der Waals surface area contributed by atoms with E-state index in [1.165, 1.54) is 0 Å². The van der Waals surface area contributed by atoms with Crippen molar-refractivity contribution in [3.8, 4) is 0 Å². The molecule has 3 heteroatoms. The molecular formula is C13H15NO2. The summed E-state index contributed by atoms with van der Waals surface area (Å²) in [5.74, 6) is -0.804. The molecule has 0 aliphatic carbocycles. The fraction of sp³-hybridized carbons (Fsp3) is 0.308. The summed E-state index contributed by atoms with van der Waals surface area (Å²) < 4.78 is 1.97. The summed E-state index contributed by atoms with van der Waals surface area (Å²) in [6.07, 6.45) is 1.95. The van der Waals surface area contributed by atoms with Crippen molar-refractivity contribution >= 4 is 16.9 Å². The number of fused-ring (bicyclic) bond motifs is 1. The van der Waals surface area contributed by atoms with Crippen LogP contribution in [0.25, 0.3) is 10.9 Å². The van der Waals surface area contributed by atoms with Gasteiger partial charge in [0.2, 0.25) is 0 Å². The fourth-order valence-corrected chi connectivity index (χ4v) is 1.98. The molecule has 84 valence electrons. The van der Waals surface area contributed by atoms with Gasteiger partial charge in [-0.1, -0.05) is 18.2 Å². The molecule has 0 amide bonds. The summed E-state index contributed by atoms with van der Waals surface area (Å²) >= 11 is 0. The molecule has 0 aliphatic rings. The lowest BCUT2D eigenvalue weighted by molar-refractivity contribution is -0.142. The number of benzene rings is 1. The summed E-state index contributed by atoms with van der Waals surface area (Å²) in [5, 5.41) is 10.4. The van der Waals surface area contributed by atoms with Crippen molar-refractivity contribution in [1.82, 2.24) is 4.57 Å². The monoisotopic (exact) mass is 217 g/mol. The van der Waals surface area contributed by atoms with Gasteiger partial charge in [0.05, 0.1) is 10.9 Å². The van der Waals surface area contributed by atoms with E-state index < -0.39 is 11.4 Å². The van der Waals surface area contributed by atoms with Gasteiger partial charge in [-0.25, -0.2) is 0 Å². The lowest BCUT2D eigenvalue weighted by Gasteiger charge is -2.21. The van der Waals surface area contributed by atoms with E-state index in [1.54, 1.807) is 13.8 Å². The number of aliphatic carboxylic acids is 1. The maximum absolute atomic E-state index is 11.3. The molecule has 1 aromatic carbocycles. The van der Waals surface area contributed by atoms with E-state index in [1.807, 2.05) is 42.1 Å². The van der Waals surface area contributed by atoms with Crippen molar-refractivity contribution in [3.63, 3.8) is 0 Å². The minimum atomic E-state index is -0.869. The number of hydrogen-bond acceptors (Lipinski definition) is 1. The Hall–Kier alpha value is -1.77. The van der Waals surface area contributed by atoms with Crippen molar-refractivity contribution in [3.05, 3.63) is 36.0 Å². The molecule has 0 bridgehead atoms. The number of carboxylic acids is 1. The fourth-order valence-electron chi connectivity index (χ4n) is 1.98. The van der Waals surface area contributed by atoms with E-state index >= 15 is 0 Å². The quantitative estimate of drug-likeness (QED) is 0.840. The van der Waals surface area contributed by atoms with Crippen molar-refractivity contribution in [1.29, 1.82) is 0 Å². The number of carbonyl (C=O) groups is 1. The Balaban J connectivity index is 2.78. The molecule has 1 N–H and O–H groups in total. The summed E-state index contributed by atoms with van der Waals surface area (Å²) in [7, 11) is 1.93. The highest BCUT2D eigenvalue weighted by atomic mass is 16.4. The smallest absolute Gasteiger partial charge is 0.313 e. The highest BCUT2D eigenvalue weighted by Crippen LogP contribution is 2.30. The number of para-hydroxylation sites is 1. The van der Waals surface area contributed by atoms with Crippen molar-refractivity contribution in [2.24, 2.45) is 7.05 Å². The van der Waals surface area contributed by atoms with Crippen LogP contribution >= 0.6 is 0 Å². The first-order valence-corrected chi connectivity index (χ1v) is 5.22. The standard InChI is InChI=1S/C13H15NO2/c1-13(2,12(15)16)10-6-4-5-9-7-8-14(3)11(9)10/h4-8H,1-3H3,(H,15,16). The largest absolute Gasteiger partial charge is 0.481 e. The first kappa shape index (κ1) is 10.7. The zero-order valence-electron chi connectivity index (χ0n) is 9.69. The van der Waals surface area contributed by atoms with Gasteiger partial charge < -0.3 is 9.67 Å². The summed E-state index contributed by atoms with van der Waals surface area (Å²) in [6.45, 7) is 3.47. The van der Waals surface area contributed by atoms with Crippen molar-refractivity contribution in [2.75, 3.05) is 0 Å². The second-order valence-corrected chi connectivity index (χ2v) is 4.60. The highest BCUT2D eigenvalue weighted by molar-refractivity contribution is 5.91. The van der Waals surface area contributed by atoms with Gasteiger partial charge >= 0.3 is 5.97 Å². The Morgan fingerprint density at radius 1 is 1.31 bits per heavy atom. The molecule has 0 saturated carbocycles. The predicted octanol–water partition coefficient (Wildman–Crippen LogP) is 2.54. The first-order chi connectivity index (χ1) is 7.44. The van der Waals surface area contributed by atoms with Crippen LogP contribution in [0, 0.1) is 0 Å². The maximum Gasteiger partial charge on any atom is 0.313 e. The maximum atomic E-state index is 11.3. The molecule has 3 nitrogen and oxygen atoms in total. The Bertz CT molecular complexity index is 552. The number of aromatic nitrogens is 1. The van der Waals surface area contributed by atoms with Crippen LogP contribution in [-0.4, -0.2) is 15.6 Å². The Labute approximate surface area is 94.3 Å². The van der Waals surface area contributed by atoms with Gasteiger partial charge in [0.1, 0.15) is 0 Å². The van der Waals surface area contributed by atoms with Crippen LogP contribution in [0.4, 0.5) is 0 Å². The molecule has 0 unspecified atom stereocenters. The Morgan fingerprint density at radius 2 is 2.00 bits per heavy atom. The van der Waals surface area contributed by atoms with Crippen molar-refractivity contribution in [2.45, 2.75) is 19.3 Å². The van der Waals surface area contributed by atoms with E-state index in [2.05, 4.69) is 0 Å². The van der Waals surface area contributed by atoms with Crippen LogP contribution in [0.2, 0.25) is 0 Å². The molecule has 2 aromatic rings. The van der Waals surface area contributed by atoms with Gasteiger partial charge in [-0.2, -0.15) is 0 Å². The lowest BCUT2D eigenvalue weighted by Crippen LogP contribution is -2.29. The Kier molecular flexibility index (Phi) is 2.26. The summed E-state index contributed by atoms with van der Waals surface area (Å²) in [6, 6.07) is 7.78. The van der Waals surface area contributed by atoms with Gasteiger partial charge in [-0.05, 0) is 30.9 Å². The molecule has 1 aromatic heterocycles. The summed E-state index contributed by atoms with van der Waals surface area (Å²) in [4.78, 5) is 11.3. The SMILES string of the molecule is Cn1ccc2cccc(C(C)(C)C(=O)O)c21. The molecule has 2 rings (SSSR count). The number of rotatable bonds is 2. The van der Waals surface area contributed by atoms with E-state index in [-0.39, 0.29) is 0 Å². The minimum absolute atomic E-state index is 0.804. The third-order valence-electron chi connectivity index (χ3n) is 3.11. The second kappa shape index (κ2) is 3.37. The van der Waals surface area contributed by atoms with Crippen molar-refractivity contribution < 1.29 is 9.90 Å². The van der Waals surface area contributed by atoms with E-state index in [0.717, 1.165) is 16.5 Å². The molecule has 0 atom stereocenters. The zero-order chi connectivity index (χ0) is 11.9. The van der Waals surface area contributed by atoms with Gasteiger partial charge in [0, 0.05) is 13.2 Å². The van der Waals surface area contributed by atoms with E-state index in [4.69, 9.17) is 0 Å². The van der Waals surface area contributed by atoms with Gasteiger partial charge in [-0.15, -0.1) is 0 Å². The van der Waals surface area contributed by atoms with Crippen LogP contribution in [-0.2, 0) is 17.3 Å². The topological polar surface area (TPSA) is 42.2 Å². The van der Waals surface area contributed by atoms with Gasteiger partial charge in [-0.3, -0.25) is 4.79 Å². The second-order valence-electron chi connectivity index (χ2n) is 4.60. The van der Waals surface area contributed by atoms with Gasteiger partial charge in [0.15, 0.2) is 0 Å². The number of nitrogens with zero attached hydrogens (tertiary/aromatic N) is 1. The third-order valence-corrected chi connectivity index (χ3v) is 3.11. The summed E-state index contributed by atoms with van der Waals surface area (Å²) in [5.41, 5.74) is 0.978. The van der Waals surface area contributed by atoms with Crippen LogP contribution in [0.1, 0.15) is 19.4 Å². The molecule has 1 heterocycles. The molecule has 0 fully saturated rings. The van der Waals surface area contributed by atoms with Gasteiger partial charge in [0.25, 0.3) is 0 Å². The predicted molar refractivity (Wildman–Crippen MR) is 63.6 cm³/mol. The number of carboxylic acid groups (broad SMARTS) is 1. The molecule has 0 spiro atoms. The minimum Gasteiger partial charge on any atom is -0.481 e. The Morgan fingerprint density at radius 3 is 2.62 bits per heavy atom. The average molecular weight is 217 g/mol. The van der Waals surface area contributed by atoms with Crippen LogP contribution in [0.3, 0.4) is 0 Å². The number of aryl methyl sites for hydroxylation is 1. The molecule has 16 heavy (non-hydrogen) atoms. The van der Waals surface area contributed by atoms with E-state index in [9.17, 15) is 9.90 Å². The zero-order valence-corrected chi connectivity index (χ0v) is 9.69.